The maximum Gasteiger partial charge on any atom is 0.0727 e. The van der Waals surface area contributed by atoms with Crippen LogP contribution in [0.1, 0.15) is 44.0 Å². The summed E-state index contributed by atoms with van der Waals surface area (Å²) in [6.07, 6.45) is 4.32. The van der Waals surface area contributed by atoms with E-state index in [4.69, 9.17) is 5.11 Å². The first-order valence-corrected chi connectivity index (χ1v) is 8.12. The van der Waals surface area contributed by atoms with Gasteiger partial charge < -0.3 is 5.11 Å². The van der Waals surface area contributed by atoms with Crippen LogP contribution in [0.25, 0.3) is 0 Å². The van der Waals surface area contributed by atoms with Gasteiger partial charge in [0.1, 0.15) is 0 Å². The molecule has 0 unspecified atom stereocenters. The van der Waals surface area contributed by atoms with Gasteiger partial charge in [0.25, 0.3) is 0 Å². The van der Waals surface area contributed by atoms with Crippen LogP contribution in [0.2, 0.25) is 0 Å². The number of nitrogens with zero attached hydrogens (tertiary/aromatic N) is 2. The first-order valence-electron chi connectivity index (χ1n) is 7.13. The Morgan fingerprint density at radius 2 is 1.85 bits per heavy atom. The van der Waals surface area contributed by atoms with Gasteiger partial charge in [-0.05, 0) is 36.6 Å². The molecular formula is C16H22N2OS. The third-order valence-corrected chi connectivity index (χ3v) is 4.52. The van der Waals surface area contributed by atoms with Crippen molar-refractivity contribution in [1.82, 2.24) is 9.78 Å². The number of aliphatic hydroxyl groups excluding tert-OH is 1. The Morgan fingerprint density at radius 1 is 1.15 bits per heavy atom. The molecule has 0 bridgehead atoms. The van der Waals surface area contributed by atoms with Gasteiger partial charge in [0, 0.05) is 16.8 Å². The highest BCUT2D eigenvalue weighted by Crippen LogP contribution is 2.23. The van der Waals surface area contributed by atoms with Crippen molar-refractivity contribution in [2.75, 3.05) is 0 Å². The predicted molar refractivity (Wildman–Crippen MR) is 83.8 cm³/mol. The summed E-state index contributed by atoms with van der Waals surface area (Å²) in [5.41, 5.74) is 2.07. The summed E-state index contributed by atoms with van der Waals surface area (Å²) < 4.78 is 2.09. The van der Waals surface area contributed by atoms with Gasteiger partial charge in [0.2, 0.25) is 0 Å². The Bertz CT molecular complexity index is 518. The first-order chi connectivity index (χ1) is 9.76. The monoisotopic (exact) mass is 290 g/mol. The molecule has 2 rings (SSSR count). The second kappa shape index (κ2) is 7.50. The number of hydrogen-bond acceptors (Lipinski definition) is 3. The smallest absolute Gasteiger partial charge is 0.0727 e. The molecule has 0 aliphatic carbocycles. The molecule has 1 aromatic heterocycles. The predicted octanol–water partition coefficient (Wildman–Crippen LogP) is 4.03. The van der Waals surface area contributed by atoms with E-state index in [9.17, 15) is 0 Å². The fourth-order valence-corrected chi connectivity index (χ4v) is 2.97. The molecule has 1 heterocycles. The van der Waals surface area contributed by atoms with Gasteiger partial charge in [-0.2, -0.15) is 5.10 Å². The zero-order valence-corrected chi connectivity index (χ0v) is 12.9. The van der Waals surface area contributed by atoms with E-state index >= 15 is 0 Å². The van der Waals surface area contributed by atoms with Crippen molar-refractivity contribution in [1.29, 1.82) is 0 Å². The average Bonchev–Trinajstić information content (AvgIpc) is 2.96. The topological polar surface area (TPSA) is 38.0 Å². The van der Waals surface area contributed by atoms with Gasteiger partial charge >= 0.3 is 0 Å². The highest BCUT2D eigenvalue weighted by atomic mass is 32.2. The van der Waals surface area contributed by atoms with Crippen molar-refractivity contribution in [2.45, 2.75) is 50.0 Å². The zero-order valence-electron chi connectivity index (χ0n) is 12.1. The number of aliphatic hydroxyl groups is 1. The number of hydrogen-bond donors (Lipinski definition) is 1. The number of thioether (sulfide) groups is 1. The standard InChI is InChI=1S/C16H22N2OS/c1-3-15(4-2)18-10-9-14(17-18)12-20-16-7-5-13(11-19)6-8-16/h5-10,15,19H,3-4,11-12H2,1-2H3. The quantitative estimate of drug-likeness (QED) is 0.782. The summed E-state index contributed by atoms with van der Waals surface area (Å²) in [5.74, 6) is 0.881. The summed E-state index contributed by atoms with van der Waals surface area (Å²) >= 11 is 1.78. The second-order valence-electron chi connectivity index (χ2n) is 4.85. The fourth-order valence-electron chi connectivity index (χ4n) is 2.17. The molecule has 0 spiro atoms. The molecule has 0 amide bonds. The molecule has 0 aliphatic rings. The summed E-state index contributed by atoms with van der Waals surface area (Å²) in [6, 6.07) is 10.6. The first kappa shape index (κ1) is 15.1. The fraction of sp³-hybridized carbons (Fsp3) is 0.438. The summed E-state index contributed by atoms with van der Waals surface area (Å²) in [4.78, 5) is 1.21. The van der Waals surface area contributed by atoms with Crippen LogP contribution < -0.4 is 0 Å². The van der Waals surface area contributed by atoms with Gasteiger partial charge in [-0.3, -0.25) is 4.68 Å². The third-order valence-electron chi connectivity index (χ3n) is 3.47. The molecule has 0 saturated heterocycles. The minimum atomic E-state index is 0.102. The van der Waals surface area contributed by atoms with Crippen LogP contribution in [0.15, 0.2) is 41.4 Å². The number of aromatic nitrogens is 2. The van der Waals surface area contributed by atoms with E-state index in [0.717, 1.165) is 29.9 Å². The maximum atomic E-state index is 9.02. The SMILES string of the molecule is CCC(CC)n1ccc(CSc2ccc(CO)cc2)n1. The molecule has 0 atom stereocenters. The molecule has 108 valence electrons. The van der Waals surface area contributed by atoms with E-state index in [1.807, 2.05) is 24.3 Å². The highest BCUT2D eigenvalue weighted by molar-refractivity contribution is 7.98. The molecule has 1 aromatic carbocycles. The van der Waals surface area contributed by atoms with Gasteiger partial charge in [-0.1, -0.05) is 26.0 Å². The number of rotatable bonds is 7. The lowest BCUT2D eigenvalue weighted by atomic mass is 10.2. The minimum Gasteiger partial charge on any atom is -0.392 e. The van der Waals surface area contributed by atoms with Crippen molar-refractivity contribution in [3.63, 3.8) is 0 Å². The molecule has 0 radical (unpaired) electrons. The van der Waals surface area contributed by atoms with Crippen molar-refractivity contribution >= 4 is 11.8 Å². The van der Waals surface area contributed by atoms with Crippen LogP contribution in [0, 0.1) is 0 Å². The molecule has 0 saturated carbocycles. The van der Waals surface area contributed by atoms with Crippen molar-refractivity contribution in [3.8, 4) is 0 Å². The van der Waals surface area contributed by atoms with E-state index in [2.05, 4.69) is 35.9 Å². The Balaban J connectivity index is 1.93. The maximum absolute atomic E-state index is 9.02. The molecule has 4 heteroatoms. The lowest BCUT2D eigenvalue weighted by molar-refractivity contribution is 0.282. The van der Waals surface area contributed by atoms with E-state index in [-0.39, 0.29) is 6.61 Å². The Labute approximate surface area is 125 Å². The van der Waals surface area contributed by atoms with Crippen molar-refractivity contribution in [3.05, 3.63) is 47.8 Å². The lowest BCUT2D eigenvalue weighted by Gasteiger charge is -2.12. The van der Waals surface area contributed by atoms with Crippen LogP contribution in [-0.4, -0.2) is 14.9 Å². The molecular weight excluding hydrogens is 268 g/mol. The van der Waals surface area contributed by atoms with E-state index < -0.39 is 0 Å². The molecule has 2 aromatic rings. The van der Waals surface area contributed by atoms with Gasteiger partial charge in [0.05, 0.1) is 18.3 Å². The summed E-state index contributed by atoms with van der Waals surface area (Å²) in [7, 11) is 0. The Morgan fingerprint density at radius 3 is 2.45 bits per heavy atom. The van der Waals surface area contributed by atoms with Gasteiger partial charge in [-0.15, -0.1) is 11.8 Å². The molecule has 20 heavy (non-hydrogen) atoms. The molecule has 3 nitrogen and oxygen atoms in total. The van der Waals surface area contributed by atoms with E-state index in [1.165, 1.54) is 4.90 Å². The molecule has 0 aliphatic heterocycles. The van der Waals surface area contributed by atoms with Gasteiger partial charge in [-0.25, -0.2) is 0 Å². The van der Waals surface area contributed by atoms with Crippen LogP contribution in [-0.2, 0) is 12.4 Å². The van der Waals surface area contributed by atoms with E-state index in [0.29, 0.717) is 6.04 Å². The molecule has 1 N–H and O–H groups in total. The van der Waals surface area contributed by atoms with Crippen LogP contribution >= 0.6 is 11.8 Å². The van der Waals surface area contributed by atoms with Crippen molar-refractivity contribution in [2.24, 2.45) is 0 Å². The van der Waals surface area contributed by atoms with Crippen LogP contribution in [0.4, 0.5) is 0 Å². The van der Waals surface area contributed by atoms with Crippen LogP contribution in [0.5, 0.6) is 0 Å². The highest BCUT2D eigenvalue weighted by Gasteiger charge is 2.08. The zero-order chi connectivity index (χ0) is 14.4. The van der Waals surface area contributed by atoms with Crippen LogP contribution in [0.3, 0.4) is 0 Å². The average molecular weight is 290 g/mol. The lowest BCUT2D eigenvalue weighted by Crippen LogP contribution is -2.07. The number of benzene rings is 1. The minimum absolute atomic E-state index is 0.102. The summed E-state index contributed by atoms with van der Waals surface area (Å²) in [5, 5.41) is 13.7. The largest absolute Gasteiger partial charge is 0.392 e. The third kappa shape index (κ3) is 3.87. The Hall–Kier alpha value is -1.26. The van der Waals surface area contributed by atoms with Crippen molar-refractivity contribution < 1.29 is 5.11 Å². The van der Waals surface area contributed by atoms with E-state index in [1.54, 1.807) is 11.8 Å². The summed E-state index contributed by atoms with van der Waals surface area (Å²) in [6.45, 7) is 4.50. The normalized spacial score (nSPS) is 11.2. The Kier molecular flexibility index (Phi) is 5.68. The second-order valence-corrected chi connectivity index (χ2v) is 5.90. The molecule has 0 fully saturated rings. The van der Waals surface area contributed by atoms with Gasteiger partial charge in [0.15, 0.2) is 0 Å².